The van der Waals surface area contributed by atoms with Crippen LogP contribution in [0, 0.1) is 0 Å². The molecular weight excluding hydrogens is 458 g/mol. The number of pyridine rings is 1. The van der Waals surface area contributed by atoms with E-state index in [1.54, 1.807) is 24.3 Å². The van der Waals surface area contributed by atoms with Crippen LogP contribution in [0.2, 0.25) is 0 Å². The predicted molar refractivity (Wildman–Crippen MR) is 131 cm³/mol. The fraction of sp³-hybridized carbons (Fsp3) is 0.333. The Morgan fingerprint density at radius 3 is 2.53 bits per heavy atom. The molecule has 0 aliphatic rings. The molecule has 0 aliphatic carbocycles. The molecule has 9 nitrogen and oxygen atoms in total. The maximum atomic E-state index is 12.9. The van der Waals surface area contributed by atoms with Crippen molar-refractivity contribution in [3.8, 4) is 5.75 Å². The second kappa shape index (κ2) is 11.2. The van der Waals surface area contributed by atoms with E-state index in [9.17, 15) is 18.0 Å². The number of aromatic nitrogens is 1. The zero-order valence-corrected chi connectivity index (χ0v) is 20.2. The van der Waals surface area contributed by atoms with E-state index >= 15 is 0 Å². The molecule has 0 bridgehead atoms. The first-order chi connectivity index (χ1) is 16.2. The number of H-pyrrole nitrogens is 1. The Bertz CT molecular complexity index is 1300. The first-order valence-corrected chi connectivity index (χ1v) is 12.5. The van der Waals surface area contributed by atoms with Crippen molar-refractivity contribution in [2.75, 3.05) is 24.5 Å². The van der Waals surface area contributed by atoms with Crippen LogP contribution in [0.25, 0.3) is 10.9 Å². The van der Waals surface area contributed by atoms with Gasteiger partial charge in [-0.2, -0.15) is 0 Å². The summed E-state index contributed by atoms with van der Waals surface area (Å²) >= 11 is 0. The number of nitrogens with one attached hydrogen (secondary N) is 3. The molecule has 1 amide bonds. The highest BCUT2D eigenvalue weighted by Crippen LogP contribution is 2.21. The molecule has 3 rings (SSSR count). The van der Waals surface area contributed by atoms with Gasteiger partial charge < -0.3 is 19.8 Å². The summed E-state index contributed by atoms with van der Waals surface area (Å²) in [5.41, 5.74) is 0.132. The third-order valence-electron chi connectivity index (χ3n) is 4.88. The van der Waals surface area contributed by atoms with Crippen LogP contribution in [0.15, 0.2) is 58.4 Å². The number of ether oxygens (including phenoxy) is 2. The molecule has 3 aromatic rings. The Balaban J connectivity index is 1.79. The van der Waals surface area contributed by atoms with Gasteiger partial charge in [-0.25, -0.2) is 8.42 Å². The van der Waals surface area contributed by atoms with E-state index in [0.717, 1.165) is 0 Å². The molecule has 0 unspecified atom stereocenters. The minimum Gasteiger partial charge on any atom is -0.494 e. The fourth-order valence-corrected chi connectivity index (χ4v) is 4.31. The average Bonchev–Trinajstić information content (AvgIpc) is 2.80. The van der Waals surface area contributed by atoms with Gasteiger partial charge in [-0.1, -0.05) is 0 Å². The molecule has 0 saturated carbocycles. The van der Waals surface area contributed by atoms with Gasteiger partial charge in [-0.3, -0.25) is 14.3 Å². The highest BCUT2D eigenvalue weighted by Gasteiger charge is 2.18. The summed E-state index contributed by atoms with van der Waals surface area (Å²) in [7, 11) is -3.97. The van der Waals surface area contributed by atoms with Crippen molar-refractivity contribution in [2.45, 2.75) is 38.2 Å². The molecule has 1 aromatic heterocycles. The highest BCUT2D eigenvalue weighted by molar-refractivity contribution is 7.92. The van der Waals surface area contributed by atoms with Gasteiger partial charge in [0.2, 0.25) is 5.43 Å². The molecule has 0 aliphatic heterocycles. The normalized spacial score (nSPS) is 11.5. The minimum atomic E-state index is -3.97. The lowest BCUT2D eigenvalue weighted by atomic mass is 10.1. The number of carbonyl (C=O) groups is 1. The number of sulfonamides is 1. The van der Waals surface area contributed by atoms with Gasteiger partial charge in [0.05, 0.1) is 17.6 Å². The highest BCUT2D eigenvalue weighted by atomic mass is 32.2. The van der Waals surface area contributed by atoms with E-state index in [1.807, 2.05) is 20.8 Å². The number of rotatable bonds is 11. The number of anilines is 1. The van der Waals surface area contributed by atoms with Gasteiger partial charge in [0, 0.05) is 35.9 Å². The van der Waals surface area contributed by atoms with Crippen LogP contribution in [0.4, 0.5) is 5.69 Å². The summed E-state index contributed by atoms with van der Waals surface area (Å²) in [5.74, 6) is 0.0920. The summed E-state index contributed by atoms with van der Waals surface area (Å²) in [5, 5.41) is 2.79. The second-order valence-corrected chi connectivity index (χ2v) is 9.51. The third kappa shape index (κ3) is 6.36. The second-order valence-electron chi connectivity index (χ2n) is 7.83. The minimum absolute atomic E-state index is 0.0914. The Morgan fingerprint density at radius 2 is 1.85 bits per heavy atom. The van der Waals surface area contributed by atoms with Gasteiger partial charge in [0.1, 0.15) is 11.3 Å². The van der Waals surface area contributed by atoms with Crippen LogP contribution < -0.4 is 20.2 Å². The summed E-state index contributed by atoms with van der Waals surface area (Å²) in [6.45, 7) is 7.06. The van der Waals surface area contributed by atoms with Crippen LogP contribution in [0.3, 0.4) is 0 Å². The number of amides is 1. The van der Waals surface area contributed by atoms with E-state index in [-0.39, 0.29) is 21.9 Å². The SMILES string of the molecule is CCOc1ccc(NS(=O)(=O)c2ccc3[nH]cc(C(=O)NCCCOC(C)C)c(=O)c3c2)cc1. The van der Waals surface area contributed by atoms with Crippen molar-refractivity contribution in [2.24, 2.45) is 0 Å². The molecule has 2 aromatic carbocycles. The lowest BCUT2D eigenvalue weighted by Crippen LogP contribution is -2.30. The quantitative estimate of drug-likeness (QED) is 0.356. The van der Waals surface area contributed by atoms with Crippen LogP contribution in [0.5, 0.6) is 5.75 Å². The topological polar surface area (TPSA) is 127 Å². The van der Waals surface area contributed by atoms with Crippen LogP contribution >= 0.6 is 0 Å². The van der Waals surface area contributed by atoms with Crippen LogP contribution in [-0.4, -0.2) is 45.2 Å². The van der Waals surface area contributed by atoms with Crippen molar-refractivity contribution in [1.82, 2.24) is 10.3 Å². The summed E-state index contributed by atoms with van der Waals surface area (Å²) in [6.07, 6.45) is 2.04. The first-order valence-electron chi connectivity index (χ1n) is 11.0. The van der Waals surface area contributed by atoms with E-state index in [2.05, 4.69) is 15.0 Å². The monoisotopic (exact) mass is 487 g/mol. The number of hydrogen-bond donors (Lipinski definition) is 3. The number of hydrogen-bond acceptors (Lipinski definition) is 6. The molecule has 0 spiro atoms. The first kappa shape index (κ1) is 25.3. The fourth-order valence-electron chi connectivity index (χ4n) is 3.22. The molecule has 0 atom stereocenters. The maximum absolute atomic E-state index is 12.9. The number of aromatic amines is 1. The van der Waals surface area contributed by atoms with Crippen molar-refractivity contribution >= 4 is 32.5 Å². The zero-order chi connectivity index (χ0) is 24.7. The molecular formula is C24H29N3O6S. The van der Waals surface area contributed by atoms with Crippen molar-refractivity contribution < 1.29 is 22.7 Å². The lowest BCUT2D eigenvalue weighted by molar-refractivity contribution is 0.0757. The van der Waals surface area contributed by atoms with E-state index < -0.39 is 21.4 Å². The standard InChI is InChI=1S/C24H29N3O6S/c1-4-32-18-8-6-17(7-9-18)27-34(30,31)19-10-11-22-20(14-19)23(28)21(15-26-22)24(29)25-12-5-13-33-16(2)3/h6-11,14-16,27H,4-5,12-13H2,1-3H3,(H,25,29)(H,26,28). The molecule has 1 heterocycles. The molecule has 0 saturated heterocycles. The average molecular weight is 488 g/mol. The third-order valence-corrected chi connectivity index (χ3v) is 6.26. The molecule has 182 valence electrons. The molecule has 0 fully saturated rings. The smallest absolute Gasteiger partial charge is 0.261 e. The van der Waals surface area contributed by atoms with Gasteiger partial charge in [0.15, 0.2) is 0 Å². The Morgan fingerprint density at radius 1 is 1.12 bits per heavy atom. The van der Waals surface area contributed by atoms with Gasteiger partial charge in [-0.15, -0.1) is 0 Å². The zero-order valence-electron chi connectivity index (χ0n) is 19.4. The number of fused-ring (bicyclic) bond motifs is 1. The van der Waals surface area contributed by atoms with Gasteiger partial charge in [0.25, 0.3) is 15.9 Å². The van der Waals surface area contributed by atoms with Crippen LogP contribution in [0.1, 0.15) is 37.6 Å². The predicted octanol–water partition coefficient (Wildman–Crippen LogP) is 3.27. The molecule has 3 N–H and O–H groups in total. The van der Waals surface area contributed by atoms with Crippen LogP contribution in [-0.2, 0) is 14.8 Å². The molecule has 0 radical (unpaired) electrons. The largest absolute Gasteiger partial charge is 0.494 e. The Kier molecular flexibility index (Phi) is 8.30. The molecule has 34 heavy (non-hydrogen) atoms. The van der Waals surface area contributed by atoms with Gasteiger partial charge >= 0.3 is 0 Å². The Labute approximate surface area is 198 Å². The van der Waals surface area contributed by atoms with Crippen molar-refractivity contribution in [1.29, 1.82) is 0 Å². The number of carbonyl (C=O) groups excluding carboxylic acids is 1. The Hall–Kier alpha value is -3.37. The van der Waals surface area contributed by atoms with E-state index in [4.69, 9.17) is 9.47 Å². The molecule has 10 heteroatoms. The number of benzene rings is 2. The maximum Gasteiger partial charge on any atom is 0.261 e. The summed E-state index contributed by atoms with van der Waals surface area (Å²) < 4.78 is 39.1. The van der Waals surface area contributed by atoms with Crippen molar-refractivity contribution in [3.05, 3.63) is 64.4 Å². The summed E-state index contributed by atoms with van der Waals surface area (Å²) in [6, 6.07) is 10.6. The summed E-state index contributed by atoms with van der Waals surface area (Å²) in [4.78, 5) is 28.2. The van der Waals surface area contributed by atoms with Crippen molar-refractivity contribution in [3.63, 3.8) is 0 Å². The lowest BCUT2D eigenvalue weighted by Gasteiger charge is -2.11. The van der Waals surface area contributed by atoms with E-state index in [0.29, 0.717) is 43.1 Å². The van der Waals surface area contributed by atoms with E-state index in [1.165, 1.54) is 24.4 Å². The van der Waals surface area contributed by atoms with Gasteiger partial charge in [-0.05, 0) is 69.7 Å².